The third kappa shape index (κ3) is 4.37. The van der Waals surface area contributed by atoms with Crippen LogP contribution in [0.2, 0.25) is 5.02 Å². The molecule has 0 spiro atoms. The highest BCUT2D eigenvalue weighted by Crippen LogP contribution is 2.33. The average molecular weight is 339 g/mol. The quantitative estimate of drug-likeness (QED) is 0.811. The summed E-state index contributed by atoms with van der Waals surface area (Å²) in [5.74, 6) is 0. The SMILES string of the molecule is O=C(NCCCO[C@H]1CCOC1)N1CC[C@@H]1c1ccc(Cl)cc1. The largest absolute Gasteiger partial charge is 0.379 e. The Labute approximate surface area is 141 Å². The van der Waals surface area contributed by atoms with E-state index in [9.17, 15) is 4.79 Å². The van der Waals surface area contributed by atoms with Crippen LogP contribution < -0.4 is 5.32 Å². The van der Waals surface area contributed by atoms with Gasteiger partial charge in [0.1, 0.15) is 0 Å². The molecule has 1 aromatic carbocycles. The summed E-state index contributed by atoms with van der Waals surface area (Å²) in [6.07, 6.45) is 3.03. The zero-order chi connectivity index (χ0) is 16.1. The summed E-state index contributed by atoms with van der Waals surface area (Å²) in [4.78, 5) is 14.1. The molecular formula is C17H23ClN2O3. The number of carbonyl (C=O) groups is 1. The van der Waals surface area contributed by atoms with Crippen LogP contribution in [0.15, 0.2) is 24.3 Å². The Hall–Kier alpha value is -1.30. The molecule has 2 fully saturated rings. The Bertz CT molecular complexity index is 517. The Morgan fingerprint density at radius 3 is 2.83 bits per heavy atom. The van der Waals surface area contributed by atoms with Crippen LogP contribution in [-0.4, -0.2) is 49.9 Å². The molecule has 2 aliphatic rings. The van der Waals surface area contributed by atoms with Crippen molar-refractivity contribution < 1.29 is 14.3 Å². The molecule has 0 bridgehead atoms. The van der Waals surface area contributed by atoms with Gasteiger partial charge in [-0.05, 0) is 37.0 Å². The first-order chi connectivity index (χ1) is 11.2. The van der Waals surface area contributed by atoms with Crippen molar-refractivity contribution in [2.24, 2.45) is 0 Å². The topological polar surface area (TPSA) is 50.8 Å². The number of urea groups is 1. The Morgan fingerprint density at radius 2 is 2.17 bits per heavy atom. The van der Waals surface area contributed by atoms with E-state index in [1.807, 2.05) is 29.2 Å². The van der Waals surface area contributed by atoms with Crippen LogP contribution in [0, 0.1) is 0 Å². The van der Waals surface area contributed by atoms with E-state index in [-0.39, 0.29) is 18.2 Å². The summed E-state index contributed by atoms with van der Waals surface area (Å²) in [5, 5.41) is 3.69. The number of nitrogens with one attached hydrogen (secondary N) is 1. The molecule has 2 amide bonds. The number of hydrogen-bond donors (Lipinski definition) is 1. The van der Waals surface area contributed by atoms with Crippen LogP contribution in [-0.2, 0) is 9.47 Å². The van der Waals surface area contributed by atoms with Gasteiger partial charge in [-0.25, -0.2) is 4.79 Å². The molecule has 0 unspecified atom stereocenters. The highest BCUT2D eigenvalue weighted by molar-refractivity contribution is 6.30. The molecule has 0 aliphatic carbocycles. The molecule has 1 N–H and O–H groups in total. The minimum atomic E-state index is 0.000370. The van der Waals surface area contributed by atoms with E-state index in [1.54, 1.807) is 0 Å². The number of nitrogens with zero attached hydrogens (tertiary/aromatic N) is 1. The second-order valence-electron chi connectivity index (χ2n) is 5.99. The van der Waals surface area contributed by atoms with Gasteiger partial charge in [-0.1, -0.05) is 23.7 Å². The van der Waals surface area contributed by atoms with Gasteiger partial charge in [-0.15, -0.1) is 0 Å². The number of benzene rings is 1. The Morgan fingerprint density at radius 1 is 1.35 bits per heavy atom. The van der Waals surface area contributed by atoms with E-state index in [0.29, 0.717) is 19.8 Å². The lowest BCUT2D eigenvalue weighted by atomic mass is 9.95. The molecule has 126 valence electrons. The normalized spacial score (nSPS) is 23.6. The van der Waals surface area contributed by atoms with Gasteiger partial charge < -0.3 is 19.7 Å². The van der Waals surface area contributed by atoms with E-state index in [2.05, 4.69) is 5.32 Å². The molecule has 0 radical (unpaired) electrons. The van der Waals surface area contributed by atoms with Crippen molar-refractivity contribution >= 4 is 17.6 Å². The van der Waals surface area contributed by atoms with Crippen LogP contribution in [0.4, 0.5) is 4.79 Å². The number of ether oxygens (including phenoxy) is 2. The first-order valence-corrected chi connectivity index (χ1v) is 8.61. The van der Waals surface area contributed by atoms with Crippen molar-refractivity contribution in [1.82, 2.24) is 10.2 Å². The smallest absolute Gasteiger partial charge is 0.317 e. The average Bonchev–Trinajstić information content (AvgIpc) is 3.01. The molecule has 6 heteroatoms. The molecule has 23 heavy (non-hydrogen) atoms. The maximum Gasteiger partial charge on any atom is 0.317 e. The summed E-state index contributed by atoms with van der Waals surface area (Å²) in [6, 6.07) is 7.89. The van der Waals surface area contributed by atoms with Gasteiger partial charge in [0.25, 0.3) is 0 Å². The van der Waals surface area contributed by atoms with E-state index in [0.717, 1.165) is 43.0 Å². The zero-order valence-electron chi connectivity index (χ0n) is 13.2. The number of carbonyl (C=O) groups excluding carboxylic acids is 1. The maximum absolute atomic E-state index is 12.2. The van der Waals surface area contributed by atoms with Crippen molar-refractivity contribution in [3.63, 3.8) is 0 Å². The lowest BCUT2D eigenvalue weighted by Crippen LogP contribution is -2.50. The van der Waals surface area contributed by atoms with E-state index < -0.39 is 0 Å². The third-order valence-corrected chi connectivity index (χ3v) is 4.63. The van der Waals surface area contributed by atoms with Crippen LogP contribution in [0.5, 0.6) is 0 Å². The van der Waals surface area contributed by atoms with Gasteiger partial charge in [0.15, 0.2) is 0 Å². The summed E-state index contributed by atoms with van der Waals surface area (Å²) in [5.41, 5.74) is 1.14. The summed E-state index contributed by atoms with van der Waals surface area (Å²) < 4.78 is 10.9. The van der Waals surface area contributed by atoms with Crippen LogP contribution in [0.1, 0.15) is 30.9 Å². The second-order valence-corrected chi connectivity index (χ2v) is 6.43. The molecule has 0 saturated carbocycles. The van der Waals surface area contributed by atoms with Gasteiger partial charge in [0.2, 0.25) is 0 Å². The Balaban J connectivity index is 1.35. The van der Waals surface area contributed by atoms with Crippen LogP contribution >= 0.6 is 11.6 Å². The molecule has 2 aliphatic heterocycles. The predicted octanol–water partition coefficient (Wildman–Crippen LogP) is 2.99. The zero-order valence-corrected chi connectivity index (χ0v) is 13.9. The van der Waals surface area contributed by atoms with Gasteiger partial charge in [-0.3, -0.25) is 0 Å². The van der Waals surface area contributed by atoms with Crippen molar-refractivity contribution in [3.8, 4) is 0 Å². The van der Waals surface area contributed by atoms with Crippen LogP contribution in [0.3, 0.4) is 0 Å². The molecule has 0 aromatic heterocycles. The lowest BCUT2D eigenvalue weighted by Gasteiger charge is -2.41. The monoisotopic (exact) mass is 338 g/mol. The molecule has 2 heterocycles. The number of hydrogen-bond acceptors (Lipinski definition) is 3. The van der Waals surface area contributed by atoms with Crippen LogP contribution in [0.25, 0.3) is 0 Å². The third-order valence-electron chi connectivity index (χ3n) is 4.37. The minimum Gasteiger partial charge on any atom is -0.379 e. The second kappa shape index (κ2) is 7.99. The summed E-state index contributed by atoms with van der Waals surface area (Å²) in [6.45, 7) is 3.59. The minimum absolute atomic E-state index is 0.000370. The molecular weight excluding hydrogens is 316 g/mol. The van der Waals surface area contributed by atoms with Crippen molar-refractivity contribution in [2.75, 3.05) is 32.9 Å². The molecule has 2 saturated heterocycles. The first kappa shape index (κ1) is 16.6. The molecule has 2 atom stereocenters. The highest BCUT2D eigenvalue weighted by Gasteiger charge is 2.33. The van der Waals surface area contributed by atoms with Crippen molar-refractivity contribution in [3.05, 3.63) is 34.9 Å². The van der Waals surface area contributed by atoms with E-state index >= 15 is 0 Å². The summed E-state index contributed by atoms with van der Waals surface area (Å²) in [7, 11) is 0. The molecule has 5 nitrogen and oxygen atoms in total. The fraction of sp³-hybridized carbons (Fsp3) is 0.588. The summed E-state index contributed by atoms with van der Waals surface area (Å²) >= 11 is 5.91. The lowest BCUT2D eigenvalue weighted by molar-refractivity contribution is 0.0414. The van der Waals surface area contributed by atoms with Gasteiger partial charge in [-0.2, -0.15) is 0 Å². The number of amides is 2. The number of halogens is 1. The van der Waals surface area contributed by atoms with Gasteiger partial charge >= 0.3 is 6.03 Å². The predicted molar refractivity (Wildman–Crippen MR) is 88.7 cm³/mol. The van der Waals surface area contributed by atoms with E-state index in [1.165, 1.54) is 0 Å². The first-order valence-electron chi connectivity index (χ1n) is 8.23. The number of likely N-dealkylation sites (tertiary alicyclic amines) is 1. The number of rotatable bonds is 6. The fourth-order valence-electron chi connectivity index (χ4n) is 2.93. The van der Waals surface area contributed by atoms with Gasteiger partial charge in [0.05, 0.1) is 18.8 Å². The van der Waals surface area contributed by atoms with Gasteiger partial charge in [0, 0.05) is 31.3 Å². The van der Waals surface area contributed by atoms with Crippen molar-refractivity contribution in [1.29, 1.82) is 0 Å². The van der Waals surface area contributed by atoms with Crippen molar-refractivity contribution in [2.45, 2.75) is 31.4 Å². The maximum atomic E-state index is 12.2. The Kier molecular flexibility index (Phi) is 5.75. The molecule has 1 aromatic rings. The fourth-order valence-corrected chi connectivity index (χ4v) is 3.05. The highest BCUT2D eigenvalue weighted by atomic mass is 35.5. The standard InChI is InChI=1S/C17H23ClN2O3/c18-14-4-2-13(3-5-14)16-6-9-20(16)17(21)19-8-1-10-23-15-7-11-22-12-15/h2-5,15-16H,1,6-12H2,(H,19,21)/t15-,16+/m0/s1. The van der Waals surface area contributed by atoms with E-state index in [4.69, 9.17) is 21.1 Å². The molecule has 3 rings (SSSR count).